The molecule has 106 valence electrons. The Morgan fingerprint density at radius 1 is 1.30 bits per heavy atom. The third kappa shape index (κ3) is 1.96. The fourth-order valence-corrected chi connectivity index (χ4v) is 3.74. The Balaban J connectivity index is 1.53. The molecule has 2 saturated carbocycles. The maximum Gasteiger partial charge on any atom is 0.228 e. The lowest BCUT2D eigenvalue weighted by Crippen LogP contribution is -2.39. The number of amides is 1. The van der Waals surface area contributed by atoms with Crippen LogP contribution in [0, 0.1) is 11.3 Å². The number of fused-ring (bicyclic) bond motifs is 1. The summed E-state index contributed by atoms with van der Waals surface area (Å²) in [5, 5.41) is 3.71. The van der Waals surface area contributed by atoms with Gasteiger partial charge in [0.2, 0.25) is 5.91 Å². The Bertz CT molecular complexity index is 546. The number of benzene rings is 1. The molecular formula is C17H22N2O. The lowest BCUT2D eigenvalue weighted by atomic mass is 9.94. The molecule has 4 rings (SSSR count). The van der Waals surface area contributed by atoms with Crippen molar-refractivity contribution in [3.05, 3.63) is 29.8 Å². The van der Waals surface area contributed by atoms with E-state index in [1.54, 1.807) is 4.90 Å². The number of para-hydroxylation sites is 1. The van der Waals surface area contributed by atoms with Gasteiger partial charge in [-0.25, -0.2) is 0 Å². The van der Waals surface area contributed by atoms with Crippen LogP contribution in [0.5, 0.6) is 0 Å². The lowest BCUT2D eigenvalue weighted by Gasteiger charge is -2.33. The van der Waals surface area contributed by atoms with Crippen LogP contribution in [0.3, 0.4) is 0 Å². The van der Waals surface area contributed by atoms with E-state index in [2.05, 4.69) is 23.5 Å². The van der Waals surface area contributed by atoms with Crippen LogP contribution in [-0.4, -0.2) is 19.5 Å². The van der Waals surface area contributed by atoms with Gasteiger partial charge in [-0.05, 0) is 48.6 Å². The molecule has 0 bridgehead atoms. The van der Waals surface area contributed by atoms with E-state index in [1.807, 2.05) is 13.1 Å². The quantitative estimate of drug-likeness (QED) is 0.912. The number of hydrogen-bond donors (Lipinski definition) is 1. The zero-order valence-corrected chi connectivity index (χ0v) is 12.1. The van der Waals surface area contributed by atoms with Crippen LogP contribution in [0.2, 0.25) is 0 Å². The summed E-state index contributed by atoms with van der Waals surface area (Å²) in [6.45, 7) is 1.09. The summed E-state index contributed by atoms with van der Waals surface area (Å²) >= 11 is 0. The molecule has 1 N–H and O–H groups in total. The largest absolute Gasteiger partial charge is 0.315 e. The number of rotatable bonds is 4. The third-order valence-electron chi connectivity index (χ3n) is 5.46. The molecule has 1 atom stereocenters. The van der Waals surface area contributed by atoms with Gasteiger partial charge in [-0.15, -0.1) is 0 Å². The molecule has 1 unspecified atom stereocenters. The minimum atomic E-state index is 0.200. The van der Waals surface area contributed by atoms with Crippen LogP contribution >= 0.6 is 0 Å². The minimum absolute atomic E-state index is 0.200. The fraction of sp³-hybridized carbons (Fsp3) is 0.588. The van der Waals surface area contributed by atoms with E-state index in [4.69, 9.17) is 0 Å². The van der Waals surface area contributed by atoms with Gasteiger partial charge in [0.05, 0.1) is 0 Å². The van der Waals surface area contributed by atoms with Crippen molar-refractivity contribution in [2.75, 3.05) is 18.5 Å². The van der Waals surface area contributed by atoms with Gasteiger partial charge < -0.3 is 10.2 Å². The predicted octanol–water partition coefficient (Wildman–Crippen LogP) is 2.87. The molecule has 0 spiro atoms. The first-order chi connectivity index (χ1) is 9.70. The standard InChI is InChI=1S/C17H22N2O/c1-19-15-5-3-2-4-13(15)14(10-16(19)20)18-11-17(8-9-17)12-6-7-12/h2-5,12,14,18H,6-11H2,1H3. The molecule has 2 fully saturated rings. The van der Waals surface area contributed by atoms with E-state index in [-0.39, 0.29) is 11.9 Å². The first-order valence-corrected chi connectivity index (χ1v) is 7.78. The van der Waals surface area contributed by atoms with E-state index in [1.165, 1.54) is 31.2 Å². The molecule has 1 amide bonds. The monoisotopic (exact) mass is 270 g/mol. The molecule has 1 aromatic rings. The van der Waals surface area contributed by atoms with Crippen LogP contribution in [0.4, 0.5) is 5.69 Å². The summed E-state index contributed by atoms with van der Waals surface area (Å²) in [7, 11) is 1.88. The van der Waals surface area contributed by atoms with Crippen molar-refractivity contribution < 1.29 is 4.79 Å². The van der Waals surface area contributed by atoms with Crippen LogP contribution in [0.1, 0.15) is 43.7 Å². The van der Waals surface area contributed by atoms with E-state index in [0.717, 1.165) is 18.2 Å². The minimum Gasteiger partial charge on any atom is -0.315 e. The maximum absolute atomic E-state index is 12.1. The average Bonchev–Trinajstić information content (AvgIpc) is 3.34. The summed E-state index contributed by atoms with van der Waals surface area (Å²) in [4.78, 5) is 13.9. The van der Waals surface area contributed by atoms with Gasteiger partial charge >= 0.3 is 0 Å². The normalized spacial score (nSPS) is 27.4. The summed E-state index contributed by atoms with van der Waals surface area (Å²) in [6.07, 6.45) is 6.20. The van der Waals surface area contributed by atoms with E-state index >= 15 is 0 Å². The molecule has 1 heterocycles. The van der Waals surface area contributed by atoms with Crippen molar-refractivity contribution >= 4 is 11.6 Å². The summed E-state index contributed by atoms with van der Waals surface area (Å²) in [5.41, 5.74) is 2.93. The van der Waals surface area contributed by atoms with E-state index in [0.29, 0.717) is 11.8 Å². The second kappa shape index (κ2) is 4.32. The van der Waals surface area contributed by atoms with Gasteiger partial charge in [-0.3, -0.25) is 4.79 Å². The Morgan fingerprint density at radius 2 is 2.05 bits per heavy atom. The van der Waals surface area contributed by atoms with Gasteiger partial charge in [-0.1, -0.05) is 18.2 Å². The van der Waals surface area contributed by atoms with E-state index in [9.17, 15) is 4.79 Å². The molecule has 3 aliphatic rings. The Kier molecular flexibility index (Phi) is 2.68. The molecule has 20 heavy (non-hydrogen) atoms. The number of carbonyl (C=O) groups excluding carboxylic acids is 1. The van der Waals surface area contributed by atoms with Gasteiger partial charge in [-0.2, -0.15) is 0 Å². The van der Waals surface area contributed by atoms with Crippen molar-refractivity contribution in [1.82, 2.24) is 5.32 Å². The fourth-order valence-electron chi connectivity index (χ4n) is 3.74. The molecule has 0 aromatic heterocycles. The topological polar surface area (TPSA) is 32.3 Å². The summed E-state index contributed by atoms with van der Waals surface area (Å²) in [6, 6.07) is 8.50. The molecule has 3 nitrogen and oxygen atoms in total. The third-order valence-corrected chi connectivity index (χ3v) is 5.46. The van der Waals surface area contributed by atoms with Gasteiger partial charge in [0.15, 0.2) is 0 Å². The number of hydrogen-bond acceptors (Lipinski definition) is 2. The molecular weight excluding hydrogens is 248 g/mol. The van der Waals surface area contributed by atoms with Crippen LogP contribution < -0.4 is 10.2 Å². The van der Waals surface area contributed by atoms with Gasteiger partial charge in [0, 0.05) is 31.7 Å². The number of carbonyl (C=O) groups is 1. The summed E-state index contributed by atoms with van der Waals surface area (Å²) < 4.78 is 0. The Hall–Kier alpha value is -1.35. The smallest absolute Gasteiger partial charge is 0.228 e. The second-order valence-electron chi connectivity index (χ2n) is 6.79. The second-order valence-corrected chi connectivity index (χ2v) is 6.79. The highest BCUT2D eigenvalue weighted by Crippen LogP contribution is 2.61. The van der Waals surface area contributed by atoms with Crippen molar-refractivity contribution in [3.63, 3.8) is 0 Å². The van der Waals surface area contributed by atoms with Crippen LogP contribution in [-0.2, 0) is 4.79 Å². The average molecular weight is 270 g/mol. The molecule has 0 radical (unpaired) electrons. The first-order valence-electron chi connectivity index (χ1n) is 7.78. The Labute approximate surface area is 120 Å². The van der Waals surface area contributed by atoms with E-state index < -0.39 is 0 Å². The number of nitrogens with zero attached hydrogens (tertiary/aromatic N) is 1. The first kappa shape index (κ1) is 12.4. The van der Waals surface area contributed by atoms with Crippen LogP contribution in [0.25, 0.3) is 0 Å². The molecule has 1 aromatic carbocycles. The van der Waals surface area contributed by atoms with Crippen molar-refractivity contribution in [3.8, 4) is 0 Å². The predicted molar refractivity (Wildman–Crippen MR) is 79.6 cm³/mol. The van der Waals surface area contributed by atoms with Crippen LogP contribution in [0.15, 0.2) is 24.3 Å². The highest BCUT2D eigenvalue weighted by molar-refractivity contribution is 5.96. The molecule has 0 saturated heterocycles. The lowest BCUT2D eigenvalue weighted by molar-refractivity contribution is -0.119. The number of anilines is 1. The van der Waals surface area contributed by atoms with Crippen molar-refractivity contribution in [2.45, 2.75) is 38.1 Å². The van der Waals surface area contributed by atoms with Crippen molar-refractivity contribution in [1.29, 1.82) is 0 Å². The van der Waals surface area contributed by atoms with Gasteiger partial charge in [0.25, 0.3) is 0 Å². The SMILES string of the molecule is CN1C(=O)CC(NCC2(C3CC3)CC2)c2ccccc21. The Morgan fingerprint density at radius 3 is 2.75 bits per heavy atom. The number of nitrogens with one attached hydrogen (secondary N) is 1. The highest BCUT2D eigenvalue weighted by atomic mass is 16.2. The van der Waals surface area contributed by atoms with Gasteiger partial charge in [0.1, 0.15) is 0 Å². The highest BCUT2D eigenvalue weighted by Gasteiger charge is 2.53. The molecule has 3 heteroatoms. The zero-order valence-electron chi connectivity index (χ0n) is 12.1. The van der Waals surface area contributed by atoms with Crippen molar-refractivity contribution in [2.24, 2.45) is 11.3 Å². The molecule has 1 aliphatic heterocycles. The zero-order chi connectivity index (χ0) is 13.7. The maximum atomic E-state index is 12.1. The molecule has 2 aliphatic carbocycles. The summed E-state index contributed by atoms with van der Waals surface area (Å²) in [5.74, 6) is 1.18.